The van der Waals surface area contributed by atoms with Crippen molar-refractivity contribution in [3.05, 3.63) is 71.9 Å². The maximum absolute atomic E-state index is 13.4. The van der Waals surface area contributed by atoms with Crippen molar-refractivity contribution in [2.45, 2.75) is 65.0 Å². The van der Waals surface area contributed by atoms with E-state index >= 15 is 0 Å². The molecule has 0 radical (unpaired) electrons. The minimum absolute atomic E-state index is 0.175. The minimum atomic E-state index is -0.717. The van der Waals surface area contributed by atoms with E-state index in [4.69, 9.17) is 11.5 Å². The molecule has 5 atom stereocenters. The number of rotatable bonds is 9. The number of carbonyl (C=O) groups is 2. The number of nitrogens with one attached hydrogen (secondary N) is 2. The van der Waals surface area contributed by atoms with E-state index in [9.17, 15) is 9.59 Å². The summed E-state index contributed by atoms with van der Waals surface area (Å²) in [6.45, 7) is 6.54. The molecule has 1 aromatic heterocycles. The zero-order valence-corrected chi connectivity index (χ0v) is 21.7. The molecular formula is C30H40N4O2. The van der Waals surface area contributed by atoms with Crippen LogP contribution in [0.2, 0.25) is 0 Å². The second-order valence-corrected chi connectivity index (χ2v) is 11.1. The number of amides is 2. The van der Waals surface area contributed by atoms with Gasteiger partial charge in [0.05, 0.1) is 17.5 Å². The first kappa shape index (κ1) is 26.0. The van der Waals surface area contributed by atoms with E-state index in [0.717, 1.165) is 41.3 Å². The third-order valence-electron chi connectivity index (χ3n) is 8.23. The fourth-order valence-electron chi connectivity index (χ4n) is 6.42. The number of para-hydroxylation sites is 1. The lowest BCUT2D eigenvalue weighted by Gasteiger charge is -2.48. The number of carbonyl (C=O) groups excluding carboxylic acids is 2. The second-order valence-electron chi connectivity index (χ2n) is 11.1. The molecule has 3 unspecified atom stereocenters. The Morgan fingerprint density at radius 3 is 2.47 bits per heavy atom. The van der Waals surface area contributed by atoms with E-state index in [1.165, 1.54) is 0 Å². The van der Waals surface area contributed by atoms with Gasteiger partial charge in [0.15, 0.2) is 0 Å². The fourth-order valence-corrected chi connectivity index (χ4v) is 6.42. The Kier molecular flexibility index (Phi) is 7.84. The summed E-state index contributed by atoms with van der Waals surface area (Å²) in [5.74, 6) is 0.420. The van der Waals surface area contributed by atoms with Gasteiger partial charge in [-0.2, -0.15) is 0 Å². The highest BCUT2D eigenvalue weighted by Crippen LogP contribution is 2.51. The minimum Gasteiger partial charge on any atom is -0.369 e. The quantitative estimate of drug-likeness (QED) is 0.345. The summed E-state index contributed by atoms with van der Waals surface area (Å²) in [6, 6.07) is 16.8. The van der Waals surface area contributed by atoms with Crippen molar-refractivity contribution in [2.75, 3.05) is 0 Å². The van der Waals surface area contributed by atoms with Crippen molar-refractivity contribution in [1.29, 1.82) is 0 Å². The summed E-state index contributed by atoms with van der Waals surface area (Å²) in [5, 5.41) is 4.29. The van der Waals surface area contributed by atoms with Crippen LogP contribution in [0, 0.1) is 23.2 Å². The number of hydrogen-bond acceptors (Lipinski definition) is 3. The fraction of sp³-hybridized carbons (Fsp3) is 0.467. The number of aromatic nitrogens is 1. The first-order valence-corrected chi connectivity index (χ1v) is 13.2. The Morgan fingerprint density at radius 1 is 1.08 bits per heavy atom. The highest BCUT2D eigenvalue weighted by molar-refractivity contribution is 5.86. The Balaban J connectivity index is 1.60. The van der Waals surface area contributed by atoms with Crippen molar-refractivity contribution in [2.24, 2.45) is 34.6 Å². The molecule has 192 valence electrons. The molecule has 0 bridgehead atoms. The van der Waals surface area contributed by atoms with Crippen LogP contribution in [0.1, 0.15) is 63.6 Å². The zero-order valence-electron chi connectivity index (χ0n) is 21.7. The number of nitrogens with two attached hydrogens (primary N) is 2. The van der Waals surface area contributed by atoms with Crippen molar-refractivity contribution >= 4 is 22.7 Å². The molecular weight excluding hydrogens is 448 g/mol. The largest absolute Gasteiger partial charge is 0.369 e. The second kappa shape index (κ2) is 10.9. The van der Waals surface area contributed by atoms with E-state index in [1.807, 2.05) is 60.8 Å². The van der Waals surface area contributed by atoms with Gasteiger partial charge in [-0.3, -0.25) is 9.59 Å². The highest BCUT2D eigenvalue weighted by atomic mass is 16.2. The molecule has 2 aromatic carbocycles. The number of fused-ring (bicyclic) bond motifs is 1. The van der Waals surface area contributed by atoms with Crippen LogP contribution in [0.5, 0.6) is 0 Å². The van der Waals surface area contributed by atoms with Crippen molar-refractivity contribution in [3.63, 3.8) is 0 Å². The van der Waals surface area contributed by atoms with E-state index < -0.39 is 11.5 Å². The first-order valence-electron chi connectivity index (χ1n) is 13.2. The molecule has 1 fully saturated rings. The summed E-state index contributed by atoms with van der Waals surface area (Å²) >= 11 is 0. The van der Waals surface area contributed by atoms with Gasteiger partial charge in [-0.05, 0) is 60.6 Å². The number of hydrogen-bond donors (Lipinski definition) is 4. The van der Waals surface area contributed by atoms with Gasteiger partial charge in [-0.15, -0.1) is 0 Å². The van der Waals surface area contributed by atoms with E-state index in [0.29, 0.717) is 24.7 Å². The lowest BCUT2D eigenvalue weighted by Crippen LogP contribution is -2.52. The van der Waals surface area contributed by atoms with E-state index in [1.54, 1.807) is 0 Å². The van der Waals surface area contributed by atoms with Crippen LogP contribution in [-0.2, 0) is 16.0 Å². The van der Waals surface area contributed by atoms with Crippen LogP contribution in [0.4, 0.5) is 0 Å². The van der Waals surface area contributed by atoms with Crippen LogP contribution in [0.3, 0.4) is 0 Å². The normalized spacial score (nSPS) is 23.9. The molecule has 1 saturated carbocycles. The molecule has 4 rings (SSSR count). The molecule has 0 aliphatic heterocycles. The number of aromatic amines is 1. The summed E-state index contributed by atoms with van der Waals surface area (Å²) in [4.78, 5) is 29.8. The molecule has 0 saturated heterocycles. The molecule has 36 heavy (non-hydrogen) atoms. The smallest absolute Gasteiger partial charge is 0.237 e. The van der Waals surface area contributed by atoms with Crippen molar-refractivity contribution in [1.82, 2.24) is 10.3 Å². The van der Waals surface area contributed by atoms with Gasteiger partial charge in [0.1, 0.15) is 0 Å². The van der Waals surface area contributed by atoms with Gasteiger partial charge in [0, 0.05) is 17.1 Å². The lowest BCUT2D eigenvalue weighted by atomic mass is 9.57. The molecule has 6 N–H and O–H groups in total. The highest BCUT2D eigenvalue weighted by Gasteiger charge is 2.50. The molecule has 6 nitrogen and oxygen atoms in total. The third-order valence-corrected chi connectivity index (χ3v) is 8.23. The summed E-state index contributed by atoms with van der Waals surface area (Å²) < 4.78 is 0. The molecule has 1 aliphatic rings. The molecule has 6 heteroatoms. The zero-order chi connectivity index (χ0) is 25.9. The van der Waals surface area contributed by atoms with Crippen LogP contribution in [0.25, 0.3) is 10.9 Å². The maximum Gasteiger partial charge on any atom is 0.237 e. The molecule has 3 aromatic rings. The molecule has 0 spiro atoms. The van der Waals surface area contributed by atoms with E-state index in [2.05, 4.69) is 31.1 Å². The maximum atomic E-state index is 13.4. The average molecular weight is 489 g/mol. The van der Waals surface area contributed by atoms with Crippen LogP contribution < -0.4 is 16.8 Å². The number of primary amides is 1. The predicted molar refractivity (Wildman–Crippen MR) is 145 cm³/mol. The van der Waals surface area contributed by atoms with Gasteiger partial charge in [-0.1, -0.05) is 75.7 Å². The van der Waals surface area contributed by atoms with Gasteiger partial charge in [0.25, 0.3) is 0 Å². The SMILES string of the molecule is CC1CCC(C(C)C)C(C[C@H](NC(=O)[C@@H](N)Cc2c[nH]c3ccccc23)c2ccccc2)(C(N)=O)C1. The molecule has 1 aliphatic carbocycles. The molecule has 2 amide bonds. The Morgan fingerprint density at radius 2 is 1.78 bits per heavy atom. The lowest BCUT2D eigenvalue weighted by molar-refractivity contribution is -0.138. The van der Waals surface area contributed by atoms with E-state index in [-0.39, 0.29) is 23.8 Å². The summed E-state index contributed by atoms with van der Waals surface area (Å²) in [5.41, 5.74) is 14.9. The first-order chi connectivity index (χ1) is 17.2. The summed E-state index contributed by atoms with van der Waals surface area (Å²) in [6.07, 6.45) is 5.62. The Labute approximate surface area is 214 Å². The van der Waals surface area contributed by atoms with Gasteiger partial charge < -0.3 is 21.8 Å². The third kappa shape index (κ3) is 5.34. The summed E-state index contributed by atoms with van der Waals surface area (Å²) in [7, 11) is 0. The number of benzene rings is 2. The average Bonchev–Trinajstić information content (AvgIpc) is 3.26. The topological polar surface area (TPSA) is 114 Å². The monoisotopic (exact) mass is 488 g/mol. The van der Waals surface area contributed by atoms with Gasteiger partial charge >= 0.3 is 0 Å². The number of H-pyrrole nitrogens is 1. The van der Waals surface area contributed by atoms with Crippen molar-refractivity contribution < 1.29 is 9.59 Å². The van der Waals surface area contributed by atoms with Crippen LogP contribution in [0.15, 0.2) is 60.8 Å². The van der Waals surface area contributed by atoms with Gasteiger partial charge in [0.2, 0.25) is 11.8 Å². The Hall–Kier alpha value is -3.12. The van der Waals surface area contributed by atoms with Crippen LogP contribution >= 0.6 is 0 Å². The standard InChI is InChI=1S/C30H40N4O2/c1-19(2)24-14-13-20(3)16-30(24,29(32)36)17-27(21-9-5-4-6-10-21)34-28(35)25(31)15-22-18-33-26-12-8-7-11-23(22)26/h4-12,18-20,24-25,27,33H,13-17,31H2,1-3H3,(H2,32,36)(H,34,35)/t20?,24?,25-,27-,30?/m0/s1. The van der Waals surface area contributed by atoms with Crippen molar-refractivity contribution in [3.8, 4) is 0 Å². The Bertz CT molecular complexity index is 1190. The van der Waals surface area contributed by atoms with Crippen LogP contribution in [-0.4, -0.2) is 22.8 Å². The molecule has 1 heterocycles. The predicted octanol–water partition coefficient (Wildman–Crippen LogP) is 4.85. The van der Waals surface area contributed by atoms with Gasteiger partial charge in [-0.25, -0.2) is 0 Å².